The van der Waals surface area contributed by atoms with Gasteiger partial charge in [-0.1, -0.05) is 29.3 Å². The van der Waals surface area contributed by atoms with Crippen molar-refractivity contribution in [1.29, 1.82) is 0 Å². The van der Waals surface area contributed by atoms with Gasteiger partial charge in [-0.15, -0.1) is 0 Å². The molecule has 1 heterocycles. The van der Waals surface area contributed by atoms with Crippen molar-refractivity contribution < 1.29 is 4.74 Å². The van der Waals surface area contributed by atoms with Crippen molar-refractivity contribution in [3.8, 4) is 5.75 Å². The molecule has 0 amide bonds. The Morgan fingerprint density at radius 2 is 2.10 bits per heavy atom. The Hall–Kier alpha value is -1.23. The van der Waals surface area contributed by atoms with Crippen LogP contribution >= 0.6 is 23.2 Å². The Morgan fingerprint density at radius 1 is 1.40 bits per heavy atom. The topological polar surface area (TPSA) is 53.1 Å². The van der Waals surface area contributed by atoms with E-state index in [0.29, 0.717) is 22.4 Å². The predicted octanol–water partition coefficient (Wildman–Crippen LogP) is 3.63. The van der Waals surface area contributed by atoms with Crippen LogP contribution in [0.25, 0.3) is 0 Å². The Balaban J connectivity index is 2.15. The number of ether oxygens (including phenoxy) is 1. The van der Waals surface area contributed by atoms with Gasteiger partial charge in [0, 0.05) is 13.1 Å². The van der Waals surface area contributed by atoms with E-state index < -0.39 is 0 Å². The van der Waals surface area contributed by atoms with E-state index in [1.54, 1.807) is 4.68 Å². The maximum atomic E-state index is 6.19. The molecule has 2 aromatic rings. The SMILES string of the molecule is Cc1nn(C)c(COc2ccc([C@@H](C)N)cc2Cl)c1Cl. The van der Waals surface area contributed by atoms with Gasteiger partial charge in [0.25, 0.3) is 0 Å². The second kappa shape index (κ2) is 6.04. The fourth-order valence-corrected chi connectivity index (χ4v) is 2.36. The molecule has 20 heavy (non-hydrogen) atoms. The van der Waals surface area contributed by atoms with E-state index in [-0.39, 0.29) is 6.04 Å². The number of nitrogens with zero attached hydrogens (tertiary/aromatic N) is 2. The van der Waals surface area contributed by atoms with Crippen LogP contribution in [-0.2, 0) is 13.7 Å². The predicted molar refractivity (Wildman–Crippen MR) is 81.3 cm³/mol. The zero-order valence-corrected chi connectivity index (χ0v) is 13.2. The van der Waals surface area contributed by atoms with Crippen LogP contribution in [0.2, 0.25) is 10.0 Å². The summed E-state index contributed by atoms with van der Waals surface area (Å²) in [6, 6.07) is 5.48. The average molecular weight is 314 g/mol. The highest BCUT2D eigenvalue weighted by Crippen LogP contribution is 2.29. The minimum Gasteiger partial charge on any atom is -0.486 e. The molecule has 0 fully saturated rings. The summed E-state index contributed by atoms with van der Waals surface area (Å²) < 4.78 is 7.42. The molecule has 0 radical (unpaired) electrons. The van der Waals surface area contributed by atoms with Gasteiger partial charge in [-0.05, 0) is 31.5 Å². The highest BCUT2D eigenvalue weighted by Gasteiger charge is 2.13. The van der Waals surface area contributed by atoms with Crippen LogP contribution in [0.5, 0.6) is 5.75 Å². The lowest BCUT2D eigenvalue weighted by Gasteiger charge is -2.11. The molecule has 0 spiro atoms. The number of halogens is 2. The fraction of sp³-hybridized carbons (Fsp3) is 0.357. The molecule has 0 aliphatic rings. The number of nitrogens with two attached hydrogens (primary N) is 1. The molecular formula is C14H17Cl2N3O. The lowest BCUT2D eigenvalue weighted by atomic mass is 10.1. The van der Waals surface area contributed by atoms with Gasteiger partial charge in [-0.3, -0.25) is 4.68 Å². The van der Waals surface area contributed by atoms with E-state index in [1.807, 2.05) is 39.1 Å². The number of aryl methyl sites for hydroxylation is 2. The van der Waals surface area contributed by atoms with Crippen molar-refractivity contribution in [2.45, 2.75) is 26.5 Å². The van der Waals surface area contributed by atoms with E-state index in [2.05, 4.69) is 5.10 Å². The lowest BCUT2D eigenvalue weighted by molar-refractivity contribution is 0.295. The van der Waals surface area contributed by atoms with E-state index in [1.165, 1.54) is 0 Å². The first kappa shape index (κ1) is 15.2. The minimum atomic E-state index is -0.0595. The third-order valence-electron chi connectivity index (χ3n) is 3.11. The molecule has 0 unspecified atom stereocenters. The second-order valence-electron chi connectivity index (χ2n) is 4.74. The van der Waals surface area contributed by atoms with Gasteiger partial charge in [0.1, 0.15) is 12.4 Å². The Morgan fingerprint density at radius 3 is 2.60 bits per heavy atom. The summed E-state index contributed by atoms with van der Waals surface area (Å²) in [5.41, 5.74) is 8.38. The van der Waals surface area contributed by atoms with Crippen LogP contribution in [-0.4, -0.2) is 9.78 Å². The fourth-order valence-electron chi connectivity index (χ4n) is 1.90. The second-order valence-corrected chi connectivity index (χ2v) is 5.52. The molecule has 0 aliphatic heterocycles. The molecule has 1 aromatic carbocycles. The summed E-state index contributed by atoms with van der Waals surface area (Å²) in [5, 5.41) is 5.40. The maximum absolute atomic E-state index is 6.19. The molecule has 6 heteroatoms. The number of hydrogen-bond acceptors (Lipinski definition) is 3. The first-order valence-electron chi connectivity index (χ1n) is 6.26. The summed E-state index contributed by atoms with van der Waals surface area (Å²) in [6.07, 6.45) is 0. The third kappa shape index (κ3) is 3.08. The van der Waals surface area contributed by atoms with Crippen molar-refractivity contribution in [3.05, 3.63) is 45.2 Å². The zero-order chi connectivity index (χ0) is 14.9. The molecule has 1 aromatic heterocycles. The lowest BCUT2D eigenvalue weighted by Crippen LogP contribution is -2.06. The summed E-state index contributed by atoms with van der Waals surface area (Å²) in [6.45, 7) is 4.08. The molecule has 0 saturated heterocycles. The largest absolute Gasteiger partial charge is 0.486 e. The monoisotopic (exact) mass is 313 g/mol. The molecule has 0 bridgehead atoms. The molecule has 2 rings (SSSR count). The smallest absolute Gasteiger partial charge is 0.138 e. The van der Waals surface area contributed by atoms with Crippen LogP contribution in [0.4, 0.5) is 0 Å². The first-order chi connectivity index (χ1) is 9.40. The summed E-state index contributed by atoms with van der Waals surface area (Å²) >= 11 is 12.4. The number of hydrogen-bond donors (Lipinski definition) is 1. The molecule has 4 nitrogen and oxygen atoms in total. The van der Waals surface area contributed by atoms with Gasteiger partial charge in [0.2, 0.25) is 0 Å². The zero-order valence-electron chi connectivity index (χ0n) is 11.7. The maximum Gasteiger partial charge on any atom is 0.138 e. The van der Waals surface area contributed by atoms with Gasteiger partial charge in [-0.25, -0.2) is 0 Å². The minimum absolute atomic E-state index is 0.0595. The molecular weight excluding hydrogens is 297 g/mol. The molecule has 108 valence electrons. The van der Waals surface area contributed by atoms with Crippen molar-refractivity contribution in [3.63, 3.8) is 0 Å². The summed E-state index contributed by atoms with van der Waals surface area (Å²) in [5.74, 6) is 0.603. The molecule has 0 aliphatic carbocycles. The Labute approximate surface area is 128 Å². The van der Waals surface area contributed by atoms with Crippen LogP contribution < -0.4 is 10.5 Å². The highest BCUT2D eigenvalue weighted by molar-refractivity contribution is 6.32. The van der Waals surface area contributed by atoms with E-state index >= 15 is 0 Å². The van der Waals surface area contributed by atoms with Gasteiger partial charge in [0.15, 0.2) is 0 Å². The third-order valence-corrected chi connectivity index (χ3v) is 3.89. The summed E-state index contributed by atoms with van der Waals surface area (Å²) in [7, 11) is 1.83. The first-order valence-corrected chi connectivity index (χ1v) is 7.01. The van der Waals surface area contributed by atoms with Crippen molar-refractivity contribution in [1.82, 2.24) is 9.78 Å². The quantitative estimate of drug-likeness (QED) is 0.937. The van der Waals surface area contributed by atoms with Gasteiger partial charge < -0.3 is 10.5 Å². The van der Waals surface area contributed by atoms with E-state index in [9.17, 15) is 0 Å². The molecule has 0 saturated carbocycles. The average Bonchev–Trinajstić information content (AvgIpc) is 2.62. The standard InChI is InChI=1S/C14H17Cl2N3O/c1-8(17)10-4-5-13(11(15)6-10)20-7-12-14(16)9(2)18-19(12)3/h4-6,8H,7,17H2,1-3H3/t8-/m1/s1. The normalized spacial score (nSPS) is 12.5. The van der Waals surface area contributed by atoms with Crippen LogP contribution in [0, 0.1) is 6.92 Å². The van der Waals surface area contributed by atoms with Crippen LogP contribution in [0.15, 0.2) is 18.2 Å². The van der Waals surface area contributed by atoms with Crippen LogP contribution in [0.1, 0.15) is 29.9 Å². The summed E-state index contributed by atoms with van der Waals surface area (Å²) in [4.78, 5) is 0. The van der Waals surface area contributed by atoms with Gasteiger partial charge in [0.05, 0.1) is 21.4 Å². The number of rotatable bonds is 4. The van der Waals surface area contributed by atoms with Crippen molar-refractivity contribution in [2.24, 2.45) is 12.8 Å². The van der Waals surface area contributed by atoms with Crippen molar-refractivity contribution >= 4 is 23.2 Å². The Bertz CT molecular complexity index is 623. The van der Waals surface area contributed by atoms with Gasteiger partial charge in [-0.2, -0.15) is 5.10 Å². The van der Waals surface area contributed by atoms with E-state index in [4.69, 9.17) is 33.7 Å². The van der Waals surface area contributed by atoms with Crippen molar-refractivity contribution in [2.75, 3.05) is 0 Å². The number of aromatic nitrogens is 2. The van der Waals surface area contributed by atoms with E-state index in [0.717, 1.165) is 17.0 Å². The Kier molecular flexibility index (Phi) is 4.58. The van der Waals surface area contributed by atoms with Crippen LogP contribution in [0.3, 0.4) is 0 Å². The highest BCUT2D eigenvalue weighted by atomic mass is 35.5. The molecule has 1 atom stereocenters. The molecule has 2 N–H and O–H groups in total. The van der Waals surface area contributed by atoms with Gasteiger partial charge >= 0.3 is 0 Å². The number of benzene rings is 1.